The van der Waals surface area contributed by atoms with Crippen LogP contribution in [0.2, 0.25) is 0 Å². The Balaban J connectivity index is 1.88. The molecule has 11 heteroatoms. The number of carbonyl (C=O) groups excluding carboxylic acids is 1. The highest BCUT2D eigenvalue weighted by molar-refractivity contribution is 5.98. The number of benzene rings is 2. The number of aromatic carboxylic acids is 1. The molecule has 5 rings (SSSR count). The molecule has 8 nitrogen and oxygen atoms in total. The Kier molecular flexibility index (Phi) is 5.96. The Labute approximate surface area is 215 Å². The number of carbonyl (C=O) groups is 2. The van der Waals surface area contributed by atoms with E-state index in [9.17, 15) is 37.8 Å². The van der Waals surface area contributed by atoms with Crippen LogP contribution in [0.25, 0.3) is 0 Å². The van der Waals surface area contributed by atoms with E-state index in [4.69, 9.17) is 0 Å². The number of hydrogen-bond acceptors (Lipinski definition) is 5. The van der Waals surface area contributed by atoms with Crippen molar-refractivity contribution in [3.63, 3.8) is 0 Å². The summed E-state index contributed by atoms with van der Waals surface area (Å²) >= 11 is 0. The van der Waals surface area contributed by atoms with Crippen LogP contribution in [0, 0.1) is 24.4 Å². The van der Waals surface area contributed by atoms with Gasteiger partial charge >= 0.3 is 5.97 Å². The van der Waals surface area contributed by atoms with Crippen LogP contribution in [-0.2, 0) is 12.8 Å². The van der Waals surface area contributed by atoms with Crippen molar-refractivity contribution < 1.29 is 33.0 Å². The largest absolute Gasteiger partial charge is 0.502 e. The van der Waals surface area contributed by atoms with Crippen LogP contribution in [0.3, 0.4) is 0 Å². The van der Waals surface area contributed by atoms with E-state index in [1.54, 1.807) is 26.8 Å². The number of halogens is 3. The first-order valence-electron chi connectivity index (χ1n) is 12.0. The van der Waals surface area contributed by atoms with Gasteiger partial charge in [0.2, 0.25) is 5.43 Å². The number of aromatic hydroxyl groups is 1. The molecule has 0 saturated heterocycles. The minimum Gasteiger partial charge on any atom is -0.502 e. The maximum atomic E-state index is 15.0. The maximum Gasteiger partial charge on any atom is 0.341 e. The van der Waals surface area contributed by atoms with Gasteiger partial charge in [-0.2, -0.15) is 0 Å². The number of rotatable bonds is 3. The topological polar surface area (TPSA) is 103 Å². The highest BCUT2D eigenvalue weighted by atomic mass is 19.2. The van der Waals surface area contributed by atoms with E-state index in [0.717, 1.165) is 23.0 Å². The second-order valence-corrected chi connectivity index (χ2v) is 9.84. The highest BCUT2D eigenvalue weighted by Crippen LogP contribution is 2.40. The van der Waals surface area contributed by atoms with E-state index in [-0.39, 0.29) is 12.2 Å². The Hall–Kier alpha value is -4.28. The van der Waals surface area contributed by atoms with Gasteiger partial charge in [-0.3, -0.25) is 19.3 Å². The molecule has 38 heavy (non-hydrogen) atoms. The number of carboxylic acids is 1. The zero-order valence-electron chi connectivity index (χ0n) is 20.8. The van der Waals surface area contributed by atoms with Gasteiger partial charge in [0.25, 0.3) is 5.91 Å². The third-order valence-electron chi connectivity index (χ3n) is 7.21. The van der Waals surface area contributed by atoms with Gasteiger partial charge in [0.1, 0.15) is 18.0 Å². The zero-order chi connectivity index (χ0) is 27.6. The number of fused-ring (bicyclic) bond motifs is 3. The van der Waals surface area contributed by atoms with Crippen molar-refractivity contribution in [2.75, 3.05) is 11.7 Å². The Morgan fingerprint density at radius 2 is 1.55 bits per heavy atom. The smallest absolute Gasteiger partial charge is 0.341 e. The summed E-state index contributed by atoms with van der Waals surface area (Å²) in [6, 6.07) is 3.56. The number of hydrogen-bond donors (Lipinski definition) is 2. The molecule has 2 aromatic carbocycles. The Morgan fingerprint density at radius 1 is 0.974 bits per heavy atom. The molecule has 0 bridgehead atoms. The number of aromatic nitrogens is 1. The highest BCUT2D eigenvalue weighted by Gasteiger charge is 2.41. The third kappa shape index (κ3) is 3.80. The van der Waals surface area contributed by atoms with Gasteiger partial charge in [-0.25, -0.2) is 18.0 Å². The van der Waals surface area contributed by atoms with Gasteiger partial charge in [-0.1, -0.05) is 6.07 Å². The normalized spacial score (nSPS) is 16.7. The van der Waals surface area contributed by atoms with Crippen molar-refractivity contribution in [1.82, 2.24) is 9.58 Å². The molecular weight excluding hydrogens is 503 g/mol. The van der Waals surface area contributed by atoms with Crippen LogP contribution in [-0.4, -0.2) is 44.4 Å². The van der Waals surface area contributed by atoms with Crippen LogP contribution >= 0.6 is 0 Å². The van der Waals surface area contributed by atoms with Gasteiger partial charge in [-0.05, 0) is 79.6 Å². The summed E-state index contributed by atoms with van der Waals surface area (Å²) in [6.45, 7) is 4.82. The molecule has 0 saturated carbocycles. The fourth-order valence-corrected chi connectivity index (χ4v) is 5.23. The summed E-state index contributed by atoms with van der Waals surface area (Å²) in [5.41, 5.74) is -0.316. The van der Waals surface area contributed by atoms with Crippen molar-refractivity contribution in [2.45, 2.75) is 45.7 Å². The zero-order valence-corrected chi connectivity index (χ0v) is 20.8. The SMILES string of the molecule is Cc1cc2c(cc1F)C(N1CN(C(C)C)C(=O)c3c(O)c(=O)c(C(=O)O)cn31)c1cc(F)c(F)cc1CC2. The molecule has 198 valence electrons. The first-order chi connectivity index (χ1) is 17.9. The fraction of sp³-hybridized carbons (Fsp3) is 0.296. The quantitative estimate of drug-likeness (QED) is 0.540. The van der Waals surface area contributed by atoms with Crippen LogP contribution < -0.4 is 10.4 Å². The summed E-state index contributed by atoms with van der Waals surface area (Å²) < 4.78 is 45.0. The predicted molar refractivity (Wildman–Crippen MR) is 130 cm³/mol. The fourth-order valence-electron chi connectivity index (χ4n) is 5.23. The lowest BCUT2D eigenvalue weighted by Gasteiger charge is -2.45. The van der Waals surface area contributed by atoms with Crippen molar-refractivity contribution in [2.24, 2.45) is 0 Å². The molecule has 1 amide bonds. The van der Waals surface area contributed by atoms with Crippen molar-refractivity contribution in [1.29, 1.82) is 0 Å². The number of aryl methyl sites for hydroxylation is 3. The average Bonchev–Trinajstić information content (AvgIpc) is 2.98. The summed E-state index contributed by atoms with van der Waals surface area (Å²) in [4.78, 5) is 39.2. The third-order valence-corrected chi connectivity index (χ3v) is 7.21. The minimum atomic E-state index is -1.63. The molecule has 2 heterocycles. The molecule has 0 fully saturated rings. The summed E-state index contributed by atoms with van der Waals surface area (Å²) in [5.74, 6) is -6.13. The minimum absolute atomic E-state index is 0.192. The lowest BCUT2D eigenvalue weighted by atomic mass is 9.92. The van der Waals surface area contributed by atoms with Crippen molar-refractivity contribution in [3.8, 4) is 5.75 Å². The van der Waals surface area contributed by atoms with E-state index in [1.165, 1.54) is 16.0 Å². The Morgan fingerprint density at radius 3 is 2.16 bits per heavy atom. The van der Waals surface area contributed by atoms with Gasteiger partial charge in [-0.15, -0.1) is 0 Å². The van der Waals surface area contributed by atoms with E-state index < -0.39 is 63.8 Å². The molecule has 1 atom stereocenters. The van der Waals surface area contributed by atoms with Gasteiger partial charge in [0, 0.05) is 12.2 Å². The van der Waals surface area contributed by atoms with Crippen LogP contribution in [0.5, 0.6) is 5.75 Å². The Bertz CT molecular complexity index is 1520. The maximum absolute atomic E-state index is 15.0. The second-order valence-electron chi connectivity index (χ2n) is 9.84. The average molecular weight is 527 g/mol. The summed E-state index contributed by atoms with van der Waals surface area (Å²) in [7, 11) is 0. The number of nitrogens with zero attached hydrogens (tertiary/aromatic N) is 3. The molecule has 2 N–H and O–H groups in total. The first kappa shape index (κ1) is 25.4. The molecule has 2 aliphatic rings. The molecule has 1 aromatic heterocycles. The number of amides is 1. The first-order valence-corrected chi connectivity index (χ1v) is 12.0. The van der Waals surface area contributed by atoms with E-state index in [2.05, 4.69) is 0 Å². The molecule has 0 radical (unpaired) electrons. The van der Waals surface area contributed by atoms with E-state index in [1.807, 2.05) is 0 Å². The van der Waals surface area contributed by atoms with Crippen molar-refractivity contribution in [3.05, 3.63) is 97.2 Å². The van der Waals surface area contributed by atoms with Gasteiger partial charge in [0.05, 0.1) is 6.04 Å². The molecule has 1 unspecified atom stereocenters. The van der Waals surface area contributed by atoms with Crippen molar-refractivity contribution >= 4 is 11.9 Å². The van der Waals surface area contributed by atoms with Gasteiger partial charge in [0.15, 0.2) is 23.1 Å². The monoisotopic (exact) mass is 527 g/mol. The standard InChI is InChI=1S/C27H24F3N3O5/c1-12(2)31-11-33(32-10-18(27(37)38)24(34)25(35)23(32)26(31)36)22-16-8-19(28)13(3)6-14(16)4-5-15-7-20(29)21(30)9-17(15)22/h6-10,12,22,35H,4-5,11H2,1-3H3,(H,37,38). The van der Waals surface area contributed by atoms with Crippen LogP contribution in [0.15, 0.2) is 35.3 Å². The second kappa shape index (κ2) is 8.93. The molecule has 1 aliphatic carbocycles. The molecular formula is C27H24F3N3O5. The van der Waals surface area contributed by atoms with E-state index >= 15 is 0 Å². The van der Waals surface area contributed by atoms with E-state index in [0.29, 0.717) is 35.1 Å². The lowest BCUT2D eigenvalue weighted by molar-refractivity contribution is 0.0612. The molecule has 0 spiro atoms. The van der Waals surface area contributed by atoms with Crippen LogP contribution in [0.1, 0.15) is 68.6 Å². The molecule has 3 aromatic rings. The van der Waals surface area contributed by atoms with Gasteiger partial charge < -0.3 is 15.1 Å². The molecule has 1 aliphatic heterocycles. The summed E-state index contributed by atoms with van der Waals surface area (Å²) in [5, 5.41) is 21.8. The van der Waals surface area contributed by atoms with Crippen LogP contribution in [0.4, 0.5) is 13.2 Å². The lowest BCUT2D eigenvalue weighted by Crippen LogP contribution is -2.57. The number of carboxylic acid groups (broad SMARTS) is 1. The predicted octanol–water partition coefficient (Wildman–Crippen LogP) is 3.63. The number of pyridine rings is 1. The summed E-state index contributed by atoms with van der Waals surface area (Å²) in [6.07, 6.45) is 1.61.